The third-order valence-corrected chi connectivity index (χ3v) is 4.73. The third-order valence-electron chi connectivity index (χ3n) is 4.73. The summed E-state index contributed by atoms with van der Waals surface area (Å²) in [5.74, 6) is -0.167. The van der Waals surface area contributed by atoms with E-state index in [0.29, 0.717) is 28.3 Å². The van der Waals surface area contributed by atoms with Gasteiger partial charge in [-0.1, -0.05) is 6.07 Å². The molecule has 4 rings (SSSR count). The van der Waals surface area contributed by atoms with Gasteiger partial charge in [0.1, 0.15) is 5.76 Å². The highest BCUT2D eigenvalue weighted by Gasteiger charge is 2.39. The van der Waals surface area contributed by atoms with Gasteiger partial charge < -0.3 is 18.9 Å². The molecule has 2 heterocycles. The number of hydrogen-bond donors (Lipinski definition) is 0. The van der Waals surface area contributed by atoms with E-state index in [4.69, 9.17) is 18.9 Å². The van der Waals surface area contributed by atoms with E-state index in [1.807, 2.05) is 0 Å². The highest BCUT2D eigenvalue weighted by atomic mass is 16.7. The lowest BCUT2D eigenvalue weighted by Crippen LogP contribution is -2.31. The van der Waals surface area contributed by atoms with E-state index in [9.17, 15) is 14.4 Å². The van der Waals surface area contributed by atoms with Gasteiger partial charge in [-0.15, -0.1) is 0 Å². The van der Waals surface area contributed by atoms with Crippen molar-refractivity contribution in [2.45, 2.75) is 6.92 Å². The monoisotopic (exact) mass is 395 g/mol. The minimum atomic E-state index is -0.566. The lowest BCUT2D eigenvalue weighted by Gasteiger charge is -2.13. The zero-order valence-electron chi connectivity index (χ0n) is 16.0. The van der Waals surface area contributed by atoms with Gasteiger partial charge in [0.25, 0.3) is 5.91 Å². The first-order valence-electron chi connectivity index (χ1n) is 8.72. The van der Waals surface area contributed by atoms with Crippen LogP contribution in [-0.4, -0.2) is 38.8 Å². The molecule has 0 aliphatic carbocycles. The van der Waals surface area contributed by atoms with Crippen molar-refractivity contribution in [2.75, 3.05) is 25.9 Å². The van der Waals surface area contributed by atoms with Crippen LogP contribution in [0.15, 0.2) is 36.4 Å². The van der Waals surface area contributed by atoms with Crippen LogP contribution in [0.4, 0.5) is 5.69 Å². The first-order valence-corrected chi connectivity index (χ1v) is 8.72. The molecule has 8 nitrogen and oxygen atoms in total. The van der Waals surface area contributed by atoms with Crippen molar-refractivity contribution in [1.82, 2.24) is 0 Å². The first kappa shape index (κ1) is 18.5. The van der Waals surface area contributed by atoms with Crippen molar-refractivity contribution in [3.8, 4) is 11.5 Å². The van der Waals surface area contributed by atoms with Crippen molar-refractivity contribution in [1.29, 1.82) is 0 Å². The summed E-state index contributed by atoms with van der Waals surface area (Å²) in [5.41, 5.74) is 1.82. The number of anilines is 1. The average Bonchev–Trinajstić information content (AvgIpc) is 3.29. The zero-order chi connectivity index (χ0) is 20.7. The number of methoxy groups -OCH3 is 2. The van der Waals surface area contributed by atoms with Crippen molar-refractivity contribution in [3.63, 3.8) is 0 Å². The molecule has 29 heavy (non-hydrogen) atoms. The van der Waals surface area contributed by atoms with Crippen LogP contribution in [0.2, 0.25) is 0 Å². The molecule has 0 spiro atoms. The Balaban J connectivity index is 1.92. The van der Waals surface area contributed by atoms with Crippen LogP contribution < -0.4 is 14.4 Å². The number of carbonyl (C=O) groups excluding carboxylic acids is 3. The number of rotatable bonds is 3. The van der Waals surface area contributed by atoms with E-state index >= 15 is 0 Å². The number of benzene rings is 2. The van der Waals surface area contributed by atoms with Crippen molar-refractivity contribution < 1.29 is 33.3 Å². The first-order chi connectivity index (χ1) is 14.0. The predicted molar refractivity (Wildman–Crippen MR) is 102 cm³/mol. The molecule has 2 aliphatic rings. The summed E-state index contributed by atoms with van der Waals surface area (Å²) in [6.45, 7) is 1.40. The Morgan fingerprint density at radius 1 is 0.966 bits per heavy atom. The maximum atomic E-state index is 13.2. The number of hydrogen-bond acceptors (Lipinski definition) is 7. The number of nitrogens with zero attached hydrogens (tertiary/aromatic N) is 1. The molecule has 0 aromatic heterocycles. The molecule has 148 valence electrons. The molecule has 0 unspecified atom stereocenters. The zero-order valence-corrected chi connectivity index (χ0v) is 16.0. The SMILES string of the molecule is COC(=O)c1ccc2c(c1)N(C(C)=O)C(=O)C2=C(OC)c1ccc2c(c1)OCO2. The largest absolute Gasteiger partial charge is 0.495 e. The molecule has 0 atom stereocenters. The second-order valence-electron chi connectivity index (χ2n) is 6.36. The van der Waals surface area contributed by atoms with Gasteiger partial charge in [-0.25, -0.2) is 9.69 Å². The molecule has 0 N–H and O–H groups in total. The average molecular weight is 395 g/mol. The minimum Gasteiger partial charge on any atom is -0.495 e. The quantitative estimate of drug-likeness (QED) is 0.448. The number of ether oxygens (including phenoxy) is 4. The van der Waals surface area contributed by atoms with E-state index in [-0.39, 0.29) is 23.7 Å². The lowest BCUT2D eigenvalue weighted by molar-refractivity contribution is -0.122. The molecule has 0 saturated carbocycles. The van der Waals surface area contributed by atoms with E-state index < -0.39 is 17.8 Å². The van der Waals surface area contributed by atoms with Gasteiger partial charge in [-0.2, -0.15) is 0 Å². The standard InChI is InChI=1S/C21H17NO7/c1-11(23)22-15-8-13(21(25)27-3)4-6-14(15)18(20(22)24)19(26-2)12-5-7-16-17(9-12)29-10-28-16/h4-9H,10H2,1-3H3. The van der Waals surface area contributed by atoms with Gasteiger partial charge >= 0.3 is 5.97 Å². The summed E-state index contributed by atoms with van der Waals surface area (Å²) >= 11 is 0. The summed E-state index contributed by atoms with van der Waals surface area (Å²) < 4.78 is 21.0. The number of amides is 2. The molecule has 2 aliphatic heterocycles. The predicted octanol–water partition coefficient (Wildman–Crippen LogP) is 2.61. The summed E-state index contributed by atoms with van der Waals surface area (Å²) in [6, 6.07) is 9.77. The summed E-state index contributed by atoms with van der Waals surface area (Å²) in [5, 5.41) is 0. The fraction of sp³-hybridized carbons (Fsp3) is 0.190. The summed E-state index contributed by atoms with van der Waals surface area (Å²) in [6.07, 6.45) is 0. The topological polar surface area (TPSA) is 91.4 Å². The number of imide groups is 1. The van der Waals surface area contributed by atoms with Gasteiger partial charge in [-0.3, -0.25) is 9.59 Å². The third kappa shape index (κ3) is 2.89. The van der Waals surface area contributed by atoms with Crippen molar-refractivity contribution >= 4 is 34.8 Å². The minimum absolute atomic E-state index is 0.119. The van der Waals surface area contributed by atoms with E-state index in [2.05, 4.69) is 0 Å². The maximum Gasteiger partial charge on any atom is 0.337 e. The van der Waals surface area contributed by atoms with Gasteiger partial charge in [0.2, 0.25) is 12.7 Å². The Morgan fingerprint density at radius 3 is 2.38 bits per heavy atom. The molecule has 0 bridgehead atoms. The normalized spacial score (nSPS) is 15.8. The Labute approximate surface area is 166 Å². The fourth-order valence-corrected chi connectivity index (χ4v) is 3.44. The Morgan fingerprint density at radius 2 is 1.69 bits per heavy atom. The van der Waals surface area contributed by atoms with Crippen LogP contribution in [0, 0.1) is 0 Å². The van der Waals surface area contributed by atoms with Crippen LogP contribution in [-0.2, 0) is 19.1 Å². The summed E-state index contributed by atoms with van der Waals surface area (Å²) in [4.78, 5) is 38.3. The number of fused-ring (bicyclic) bond motifs is 2. The Hall–Kier alpha value is -3.81. The Bertz CT molecular complexity index is 1090. The Kier molecular flexibility index (Phi) is 4.46. The van der Waals surface area contributed by atoms with E-state index in [0.717, 1.165) is 4.90 Å². The molecule has 8 heteroatoms. The van der Waals surface area contributed by atoms with Gasteiger partial charge in [0, 0.05) is 18.1 Å². The molecule has 2 aromatic carbocycles. The van der Waals surface area contributed by atoms with Crippen molar-refractivity contribution in [3.05, 3.63) is 53.1 Å². The molecule has 0 saturated heterocycles. The van der Waals surface area contributed by atoms with Crippen LogP contribution in [0.3, 0.4) is 0 Å². The molecule has 2 amide bonds. The van der Waals surface area contributed by atoms with Gasteiger partial charge in [0.05, 0.1) is 31.0 Å². The lowest BCUT2D eigenvalue weighted by atomic mass is 10.0. The van der Waals surface area contributed by atoms with Crippen LogP contribution in [0.5, 0.6) is 11.5 Å². The summed E-state index contributed by atoms with van der Waals surface area (Å²) in [7, 11) is 2.70. The molecule has 0 fully saturated rings. The van der Waals surface area contributed by atoms with E-state index in [1.54, 1.807) is 24.3 Å². The van der Waals surface area contributed by atoms with Gasteiger partial charge in [-0.05, 0) is 30.3 Å². The fourth-order valence-electron chi connectivity index (χ4n) is 3.44. The van der Waals surface area contributed by atoms with Crippen LogP contribution in [0.25, 0.3) is 11.3 Å². The highest BCUT2D eigenvalue weighted by molar-refractivity contribution is 6.43. The highest BCUT2D eigenvalue weighted by Crippen LogP contribution is 2.43. The smallest absolute Gasteiger partial charge is 0.337 e. The van der Waals surface area contributed by atoms with Crippen molar-refractivity contribution in [2.24, 2.45) is 0 Å². The maximum absolute atomic E-state index is 13.2. The molecular weight excluding hydrogens is 378 g/mol. The molecular formula is C21H17NO7. The second kappa shape index (κ2) is 6.97. The number of carbonyl (C=O) groups is 3. The molecule has 2 aromatic rings. The van der Waals surface area contributed by atoms with E-state index in [1.165, 1.54) is 33.3 Å². The van der Waals surface area contributed by atoms with Gasteiger partial charge in [0.15, 0.2) is 11.5 Å². The second-order valence-corrected chi connectivity index (χ2v) is 6.36. The van der Waals surface area contributed by atoms with Crippen LogP contribution in [0.1, 0.15) is 28.4 Å². The van der Waals surface area contributed by atoms with Crippen LogP contribution >= 0.6 is 0 Å². The molecule has 0 radical (unpaired) electrons. The number of esters is 1.